The molecule has 2 N–H and O–H groups in total. The van der Waals surface area contributed by atoms with Crippen LogP contribution in [0.15, 0.2) is 12.1 Å². The summed E-state index contributed by atoms with van der Waals surface area (Å²) in [6.07, 6.45) is 0.782. The first kappa shape index (κ1) is 13.2. The first-order valence-electron chi connectivity index (χ1n) is 6.05. The molecule has 1 heterocycles. The van der Waals surface area contributed by atoms with Gasteiger partial charge in [0.05, 0.1) is 31.3 Å². The van der Waals surface area contributed by atoms with Gasteiger partial charge >= 0.3 is 5.97 Å². The van der Waals surface area contributed by atoms with Crippen molar-refractivity contribution in [2.45, 2.75) is 19.8 Å². The highest BCUT2D eigenvalue weighted by Crippen LogP contribution is 2.33. The van der Waals surface area contributed by atoms with Gasteiger partial charge in [-0.05, 0) is 12.5 Å². The highest BCUT2D eigenvalue weighted by Gasteiger charge is 2.14. The van der Waals surface area contributed by atoms with E-state index in [0.29, 0.717) is 29.3 Å². The fourth-order valence-electron chi connectivity index (χ4n) is 1.84. The molecule has 0 bridgehead atoms. The third-order valence-corrected chi connectivity index (χ3v) is 2.71. The maximum absolute atomic E-state index is 10.8. The van der Waals surface area contributed by atoms with E-state index in [1.165, 1.54) is 0 Å². The van der Waals surface area contributed by atoms with E-state index >= 15 is 0 Å². The van der Waals surface area contributed by atoms with Crippen molar-refractivity contribution in [2.24, 2.45) is 0 Å². The van der Waals surface area contributed by atoms with Gasteiger partial charge in [0, 0.05) is 11.5 Å². The molecule has 0 unspecified atom stereocenters. The number of rotatable bonds is 6. The molecular formula is C13H16N2O4. The molecule has 0 amide bonds. The summed E-state index contributed by atoms with van der Waals surface area (Å²) < 4.78 is 10.8. The largest absolute Gasteiger partial charge is 0.493 e. The van der Waals surface area contributed by atoms with Crippen LogP contribution in [0.5, 0.6) is 11.5 Å². The zero-order valence-corrected chi connectivity index (χ0v) is 10.9. The number of fused-ring (bicyclic) bond motifs is 1. The molecule has 19 heavy (non-hydrogen) atoms. The number of hydrogen-bond donors (Lipinski definition) is 2. The molecule has 0 saturated carbocycles. The Bertz CT molecular complexity index is 592. The smallest absolute Gasteiger partial charge is 0.309 e. The highest BCUT2D eigenvalue weighted by atomic mass is 16.5. The molecule has 1 aromatic heterocycles. The molecule has 2 aromatic rings. The number of benzene rings is 1. The van der Waals surface area contributed by atoms with Crippen LogP contribution in [0.2, 0.25) is 0 Å². The van der Waals surface area contributed by atoms with Crippen LogP contribution in [-0.2, 0) is 11.2 Å². The lowest BCUT2D eigenvalue weighted by atomic mass is 10.1. The number of ether oxygens (including phenoxy) is 2. The monoisotopic (exact) mass is 264 g/mol. The number of aliphatic carboxylic acids is 1. The van der Waals surface area contributed by atoms with Crippen molar-refractivity contribution in [2.75, 3.05) is 13.7 Å². The Morgan fingerprint density at radius 3 is 2.84 bits per heavy atom. The van der Waals surface area contributed by atoms with Crippen LogP contribution in [0.25, 0.3) is 10.9 Å². The molecule has 6 heteroatoms. The first-order chi connectivity index (χ1) is 9.15. The standard InChI is InChI=1S/C13H16N2O4/c1-3-4-19-12-5-8-9(6-11(12)18-2)14-15-10(8)7-13(16)17/h5-6H,3-4,7H2,1-2H3,(H,14,15)(H,16,17). The summed E-state index contributed by atoms with van der Waals surface area (Å²) >= 11 is 0. The number of carbonyl (C=O) groups is 1. The summed E-state index contributed by atoms with van der Waals surface area (Å²) in [4.78, 5) is 10.8. The average molecular weight is 264 g/mol. The Labute approximate surface area is 110 Å². The van der Waals surface area contributed by atoms with Crippen LogP contribution < -0.4 is 9.47 Å². The van der Waals surface area contributed by atoms with E-state index in [4.69, 9.17) is 14.6 Å². The molecule has 0 radical (unpaired) electrons. The molecule has 0 fully saturated rings. The normalized spacial score (nSPS) is 10.6. The van der Waals surface area contributed by atoms with Crippen molar-refractivity contribution >= 4 is 16.9 Å². The van der Waals surface area contributed by atoms with E-state index in [0.717, 1.165) is 11.8 Å². The number of aromatic nitrogens is 2. The third kappa shape index (κ3) is 2.78. The summed E-state index contributed by atoms with van der Waals surface area (Å²) in [5.41, 5.74) is 1.23. The van der Waals surface area contributed by atoms with Gasteiger partial charge in [0.15, 0.2) is 11.5 Å². The van der Waals surface area contributed by atoms with Crippen molar-refractivity contribution in [1.82, 2.24) is 10.2 Å². The predicted octanol–water partition coefficient (Wildman–Crippen LogP) is 1.99. The Morgan fingerprint density at radius 1 is 1.42 bits per heavy atom. The van der Waals surface area contributed by atoms with Gasteiger partial charge in [-0.1, -0.05) is 6.92 Å². The fraction of sp³-hybridized carbons (Fsp3) is 0.385. The second-order valence-corrected chi connectivity index (χ2v) is 4.14. The van der Waals surface area contributed by atoms with Crippen molar-refractivity contribution < 1.29 is 19.4 Å². The molecular weight excluding hydrogens is 248 g/mol. The number of hydrogen-bond acceptors (Lipinski definition) is 4. The first-order valence-corrected chi connectivity index (χ1v) is 6.05. The molecule has 0 atom stereocenters. The number of aromatic amines is 1. The maximum atomic E-state index is 10.8. The van der Waals surface area contributed by atoms with Crippen molar-refractivity contribution in [3.63, 3.8) is 0 Å². The molecule has 6 nitrogen and oxygen atoms in total. The van der Waals surface area contributed by atoms with Crippen LogP contribution in [-0.4, -0.2) is 35.0 Å². The molecule has 0 spiro atoms. The topological polar surface area (TPSA) is 84.4 Å². The summed E-state index contributed by atoms with van der Waals surface area (Å²) in [5.74, 6) is 0.289. The SMILES string of the molecule is CCCOc1cc2c(CC(=O)O)[nH]nc2cc1OC. The number of nitrogens with zero attached hydrogens (tertiary/aromatic N) is 1. The molecule has 2 rings (SSSR count). The number of H-pyrrole nitrogens is 1. The Hall–Kier alpha value is -2.24. The molecule has 1 aromatic carbocycles. The van der Waals surface area contributed by atoms with E-state index in [1.54, 1.807) is 19.2 Å². The van der Waals surface area contributed by atoms with Gasteiger partial charge in [-0.3, -0.25) is 9.89 Å². The summed E-state index contributed by atoms with van der Waals surface area (Å²) in [5, 5.41) is 16.4. The molecule has 0 aliphatic rings. The van der Waals surface area contributed by atoms with Crippen molar-refractivity contribution in [3.8, 4) is 11.5 Å². The minimum Gasteiger partial charge on any atom is -0.493 e. The van der Waals surface area contributed by atoms with Gasteiger partial charge in [0.2, 0.25) is 0 Å². The number of carboxylic acids is 1. The lowest BCUT2D eigenvalue weighted by molar-refractivity contribution is -0.136. The second-order valence-electron chi connectivity index (χ2n) is 4.14. The van der Waals surface area contributed by atoms with Crippen molar-refractivity contribution in [1.29, 1.82) is 0 Å². The Kier molecular flexibility index (Phi) is 3.89. The van der Waals surface area contributed by atoms with Crippen LogP contribution in [0.4, 0.5) is 0 Å². The van der Waals surface area contributed by atoms with E-state index < -0.39 is 5.97 Å². The second kappa shape index (κ2) is 5.60. The maximum Gasteiger partial charge on any atom is 0.309 e. The number of methoxy groups -OCH3 is 1. The fourth-order valence-corrected chi connectivity index (χ4v) is 1.84. The zero-order valence-electron chi connectivity index (χ0n) is 10.9. The van der Waals surface area contributed by atoms with E-state index in [2.05, 4.69) is 10.2 Å². The van der Waals surface area contributed by atoms with Gasteiger partial charge in [0.25, 0.3) is 0 Å². The third-order valence-electron chi connectivity index (χ3n) is 2.71. The lowest BCUT2D eigenvalue weighted by Crippen LogP contribution is -2.01. The van der Waals surface area contributed by atoms with Gasteiger partial charge < -0.3 is 14.6 Å². The van der Waals surface area contributed by atoms with Crippen LogP contribution in [0.1, 0.15) is 19.0 Å². The summed E-state index contributed by atoms with van der Waals surface area (Å²) in [6.45, 7) is 2.59. The zero-order chi connectivity index (χ0) is 13.8. The summed E-state index contributed by atoms with van der Waals surface area (Å²) in [6, 6.07) is 3.51. The minimum absolute atomic E-state index is 0.101. The Balaban J connectivity index is 2.45. The Morgan fingerprint density at radius 2 is 2.21 bits per heavy atom. The molecule has 0 aliphatic carbocycles. The van der Waals surface area contributed by atoms with E-state index in [-0.39, 0.29) is 6.42 Å². The van der Waals surface area contributed by atoms with Gasteiger partial charge in [-0.25, -0.2) is 0 Å². The van der Waals surface area contributed by atoms with E-state index in [9.17, 15) is 4.79 Å². The van der Waals surface area contributed by atoms with Crippen LogP contribution in [0, 0.1) is 0 Å². The quantitative estimate of drug-likeness (QED) is 0.833. The van der Waals surface area contributed by atoms with Gasteiger partial charge in [0.1, 0.15) is 0 Å². The minimum atomic E-state index is -0.905. The summed E-state index contributed by atoms with van der Waals surface area (Å²) in [7, 11) is 1.56. The average Bonchev–Trinajstić information content (AvgIpc) is 2.76. The number of carboxylic acid groups (broad SMARTS) is 1. The van der Waals surface area contributed by atoms with Crippen LogP contribution in [0.3, 0.4) is 0 Å². The van der Waals surface area contributed by atoms with Gasteiger partial charge in [-0.15, -0.1) is 0 Å². The number of nitrogens with one attached hydrogen (secondary N) is 1. The molecule has 0 saturated heterocycles. The predicted molar refractivity (Wildman–Crippen MR) is 69.8 cm³/mol. The molecule has 0 aliphatic heterocycles. The van der Waals surface area contributed by atoms with Crippen molar-refractivity contribution in [3.05, 3.63) is 17.8 Å². The molecule has 102 valence electrons. The lowest BCUT2D eigenvalue weighted by Gasteiger charge is -2.10. The highest BCUT2D eigenvalue weighted by molar-refractivity contribution is 5.87. The van der Waals surface area contributed by atoms with Gasteiger partial charge in [-0.2, -0.15) is 5.10 Å². The van der Waals surface area contributed by atoms with Crippen LogP contribution >= 0.6 is 0 Å². The van der Waals surface area contributed by atoms with E-state index in [1.807, 2.05) is 6.92 Å².